The van der Waals surface area contributed by atoms with Gasteiger partial charge in [-0.3, -0.25) is 4.79 Å². The smallest absolute Gasteiger partial charge is 0.226 e. The lowest BCUT2D eigenvalue weighted by Gasteiger charge is -2.19. The average molecular weight is 327 g/mol. The van der Waals surface area contributed by atoms with E-state index in [4.69, 9.17) is 4.52 Å². The van der Waals surface area contributed by atoms with E-state index >= 15 is 0 Å². The van der Waals surface area contributed by atoms with Gasteiger partial charge in [-0.1, -0.05) is 42.8 Å². The highest BCUT2D eigenvalue weighted by molar-refractivity contribution is 5.76. The molecule has 24 heavy (non-hydrogen) atoms. The number of benzene rings is 1. The van der Waals surface area contributed by atoms with E-state index in [1.165, 1.54) is 17.5 Å². The predicted molar refractivity (Wildman–Crippen MR) is 91.5 cm³/mol. The molecule has 2 aromatic rings. The van der Waals surface area contributed by atoms with Crippen LogP contribution in [0.4, 0.5) is 0 Å². The molecule has 1 aliphatic rings. The molecule has 0 fully saturated rings. The van der Waals surface area contributed by atoms with Gasteiger partial charge < -0.3 is 9.84 Å². The van der Waals surface area contributed by atoms with Crippen molar-refractivity contribution < 1.29 is 9.32 Å². The molecule has 1 heterocycles. The van der Waals surface area contributed by atoms with Gasteiger partial charge in [0.05, 0.1) is 6.04 Å². The van der Waals surface area contributed by atoms with Crippen LogP contribution in [0, 0.1) is 0 Å². The van der Waals surface area contributed by atoms with Crippen LogP contribution in [0.3, 0.4) is 0 Å². The topological polar surface area (TPSA) is 68.0 Å². The van der Waals surface area contributed by atoms with Gasteiger partial charge in [-0.2, -0.15) is 4.98 Å². The number of nitrogens with one attached hydrogen (secondary N) is 1. The second-order valence-corrected chi connectivity index (χ2v) is 6.38. The number of hydrogen-bond donors (Lipinski definition) is 1. The standard InChI is InChI=1S/C19H25N3O2/c1-2-17-21-19(24-22-17)13-7-12-18(23)20-16-11-6-4-9-14-8-3-5-10-15(14)16/h3,5,8,10,16H,2,4,6-7,9,11-13H2,1H3,(H,20,23). The Hall–Kier alpha value is -2.17. The van der Waals surface area contributed by atoms with Gasteiger partial charge in [-0.15, -0.1) is 0 Å². The molecule has 5 heteroatoms. The summed E-state index contributed by atoms with van der Waals surface area (Å²) in [4.78, 5) is 16.6. The normalized spacial score (nSPS) is 17.1. The lowest BCUT2D eigenvalue weighted by atomic mass is 9.99. The minimum Gasteiger partial charge on any atom is -0.349 e. The molecule has 1 unspecified atom stereocenters. The van der Waals surface area contributed by atoms with Crippen LogP contribution in [0.15, 0.2) is 28.8 Å². The van der Waals surface area contributed by atoms with Crippen molar-refractivity contribution in [1.29, 1.82) is 0 Å². The number of amides is 1. The Bertz CT molecular complexity index is 681. The summed E-state index contributed by atoms with van der Waals surface area (Å²) in [5, 5.41) is 7.09. The molecule has 0 bridgehead atoms. The third kappa shape index (κ3) is 4.22. The zero-order chi connectivity index (χ0) is 16.8. The summed E-state index contributed by atoms with van der Waals surface area (Å²) in [6.45, 7) is 1.99. The first-order chi connectivity index (χ1) is 11.8. The summed E-state index contributed by atoms with van der Waals surface area (Å²) in [5.41, 5.74) is 2.66. The highest BCUT2D eigenvalue weighted by Gasteiger charge is 2.19. The van der Waals surface area contributed by atoms with E-state index in [1.54, 1.807) is 0 Å². The number of fused-ring (bicyclic) bond motifs is 1. The molecule has 1 aromatic heterocycles. The summed E-state index contributed by atoms with van der Waals surface area (Å²) in [6.07, 6.45) is 7.12. The molecule has 1 atom stereocenters. The number of nitrogens with zero attached hydrogens (tertiary/aromatic N) is 2. The first-order valence-corrected chi connectivity index (χ1v) is 8.95. The van der Waals surface area contributed by atoms with Crippen molar-refractivity contribution >= 4 is 5.91 Å². The van der Waals surface area contributed by atoms with Gasteiger partial charge in [0.15, 0.2) is 5.82 Å². The van der Waals surface area contributed by atoms with Gasteiger partial charge in [0, 0.05) is 19.3 Å². The lowest BCUT2D eigenvalue weighted by molar-refractivity contribution is -0.122. The zero-order valence-corrected chi connectivity index (χ0v) is 14.3. The van der Waals surface area contributed by atoms with Crippen molar-refractivity contribution in [3.05, 3.63) is 47.1 Å². The summed E-state index contributed by atoms with van der Waals surface area (Å²) in [6, 6.07) is 8.62. The van der Waals surface area contributed by atoms with E-state index in [-0.39, 0.29) is 11.9 Å². The van der Waals surface area contributed by atoms with Crippen molar-refractivity contribution in [3.8, 4) is 0 Å². The predicted octanol–water partition coefficient (Wildman–Crippen LogP) is 3.54. The Kier molecular flexibility index (Phi) is 5.62. The van der Waals surface area contributed by atoms with E-state index in [0.29, 0.717) is 18.7 Å². The van der Waals surface area contributed by atoms with Crippen molar-refractivity contribution in [2.45, 2.75) is 64.3 Å². The van der Waals surface area contributed by atoms with Gasteiger partial charge in [0.25, 0.3) is 0 Å². The summed E-state index contributed by atoms with van der Waals surface area (Å²) in [5.74, 6) is 1.45. The Morgan fingerprint density at radius 3 is 3.04 bits per heavy atom. The molecule has 1 aromatic carbocycles. The number of carbonyl (C=O) groups is 1. The highest BCUT2D eigenvalue weighted by Crippen LogP contribution is 2.28. The molecule has 0 saturated carbocycles. The van der Waals surface area contributed by atoms with Crippen molar-refractivity contribution in [3.63, 3.8) is 0 Å². The van der Waals surface area contributed by atoms with E-state index < -0.39 is 0 Å². The summed E-state index contributed by atoms with van der Waals surface area (Å²) in [7, 11) is 0. The van der Waals surface area contributed by atoms with Crippen LogP contribution >= 0.6 is 0 Å². The third-order valence-electron chi connectivity index (χ3n) is 4.58. The molecule has 3 rings (SSSR count). The van der Waals surface area contributed by atoms with Gasteiger partial charge in [0.2, 0.25) is 11.8 Å². The Morgan fingerprint density at radius 1 is 1.33 bits per heavy atom. The first kappa shape index (κ1) is 16.7. The van der Waals surface area contributed by atoms with Crippen LogP contribution in [0.5, 0.6) is 0 Å². The van der Waals surface area contributed by atoms with Crippen LogP contribution in [0.2, 0.25) is 0 Å². The van der Waals surface area contributed by atoms with Crippen LogP contribution < -0.4 is 5.32 Å². The highest BCUT2D eigenvalue weighted by atomic mass is 16.5. The number of hydrogen-bond acceptors (Lipinski definition) is 4. The first-order valence-electron chi connectivity index (χ1n) is 8.95. The Labute approximate surface area is 142 Å². The number of carbonyl (C=O) groups excluding carboxylic acids is 1. The fraction of sp³-hybridized carbons (Fsp3) is 0.526. The molecule has 0 aliphatic heterocycles. The molecule has 128 valence electrons. The maximum Gasteiger partial charge on any atom is 0.226 e. The second kappa shape index (κ2) is 8.08. The molecule has 0 radical (unpaired) electrons. The molecule has 1 amide bonds. The summed E-state index contributed by atoms with van der Waals surface area (Å²) >= 11 is 0. The molecule has 1 N–H and O–H groups in total. The minimum absolute atomic E-state index is 0.104. The molecule has 1 aliphatic carbocycles. The number of rotatable bonds is 6. The van der Waals surface area contributed by atoms with Crippen molar-refractivity contribution in [1.82, 2.24) is 15.5 Å². The van der Waals surface area contributed by atoms with Gasteiger partial charge in [-0.25, -0.2) is 0 Å². The van der Waals surface area contributed by atoms with E-state index in [9.17, 15) is 4.79 Å². The molecule has 5 nitrogen and oxygen atoms in total. The molecular formula is C19H25N3O2. The van der Waals surface area contributed by atoms with E-state index in [1.807, 2.05) is 6.92 Å². The van der Waals surface area contributed by atoms with Crippen LogP contribution in [-0.2, 0) is 24.1 Å². The average Bonchev–Trinajstić information content (AvgIpc) is 2.96. The van der Waals surface area contributed by atoms with E-state index in [2.05, 4.69) is 39.7 Å². The van der Waals surface area contributed by atoms with Gasteiger partial charge in [-0.05, 0) is 36.8 Å². The number of aryl methyl sites for hydroxylation is 3. The fourth-order valence-electron chi connectivity index (χ4n) is 3.27. The van der Waals surface area contributed by atoms with Crippen LogP contribution in [0.25, 0.3) is 0 Å². The van der Waals surface area contributed by atoms with Gasteiger partial charge >= 0.3 is 0 Å². The van der Waals surface area contributed by atoms with Gasteiger partial charge in [0.1, 0.15) is 0 Å². The quantitative estimate of drug-likeness (QED) is 0.824. The zero-order valence-electron chi connectivity index (χ0n) is 14.3. The molecule has 0 saturated heterocycles. The summed E-state index contributed by atoms with van der Waals surface area (Å²) < 4.78 is 5.16. The number of aromatic nitrogens is 2. The Morgan fingerprint density at radius 2 is 2.21 bits per heavy atom. The SMILES string of the molecule is CCc1noc(CCCC(=O)NC2CCCCc3ccccc32)n1. The maximum absolute atomic E-state index is 12.3. The monoisotopic (exact) mass is 327 g/mol. The molecular weight excluding hydrogens is 302 g/mol. The lowest BCUT2D eigenvalue weighted by Crippen LogP contribution is -2.28. The second-order valence-electron chi connectivity index (χ2n) is 6.38. The van der Waals surface area contributed by atoms with Crippen LogP contribution in [-0.4, -0.2) is 16.0 Å². The maximum atomic E-state index is 12.3. The Balaban J connectivity index is 1.51. The fourth-order valence-corrected chi connectivity index (χ4v) is 3.27. The van der Waals surface area contributed by atoms with Crippen molar-refractivity contribution in [2.24, 2.45) is 0 Å². The minimum atomic E-state index is 0.104. The van der Waals surface area contributed by atoms with Crippen LogP contribution in [0.1, 0.15) is 67.9 Å². The van der Waals surface area contributed by atoms with E-state index in [0.717, 1.165) is 37.9 Å². The van der Waals surface area contributed by atoms with Crippen molar-refractivity contribution in [2.75, 3.05) is 0 Å². The molecule has 0 spiro atoms. The largest absolute Gasteiger partial charge is 0.349 e. The third-order valence-corrected chi connectivity index (χ3v) is 4.58.